The molecule has 8 nitrogen and oxygen atoms in total. The summed E-state index contributed by atoms with van der Waals surface area (Å²) in [4.78, 5) is 28.8. The molecule has 0 radical (unpaired) electrons. The van der Waals surface area contributed by atoms with Crippen LogP contribution in [0.2, 0.25) is 0 Å². The number of carbonyl (C=O) groups excluding carboxylic acids is 2. The summed E-state index contributed by atoms with van der Waals surface area (Å²) in [6.07, 6.45) is 0.831. The zero-order chi connectivity index (χ0) is 25.5. The summed E-state index contributed by atoms with van der Waals surface area (Å²) in [5, 5.41) is 11.1. The van der Waals surface area contributed by atoms with Crippen LogP contribution in [0.5, 0.6) is 0 Å². The number of halogens is 1. The van der Waals surface area contributed by atoms with Gasteiger partial charge in [-0.25, -0.2) is 9.07 Å². The number of aromatic nitrogens is 3. The van der Waals surface area contributed by atoms with Crippen molar-refractivity contribution in [2.24, 2.45) is 0 Å². The van der Waals surface area contributed by atoms with Crippen molar-refractivity contribution >= 4 is 28.5 Å². The first-order chi connectivity index (χ1) is 17.5. The van der Waals surface area contributed by atoms with Crippen LogP contribution in [-0.2, 0) is 27.3 Å². The summed E-state index contributed by atoms with van der Waals surface area (Å²) in [5.41, 5.74) is 3.48. The quantitative estimate of drug-likeness (QED) is 0.344. The number of methoxy groups -OCH3 is 1. The second-order valence-electron chi connectivity index (χ2n) is 8.26. The number of nitrogens with one attached hydrogen (secondary N) is 1. The van der Waals surface area contributed by atoms with E-state index in [1.54, 1.807) is 0 Å². The number of hydrogen-bond donors (Lipinski definition) is 1. The van der Waals surface area contributed by atoms with Gasteiger partial charge in [0, 0.05) is 19.3 Å². The zero-order valence-electron chi connectivity index (χ0n) is 20.2. The molecule has 36 heavy (non-hydrogen) atoms. The number of ether oxygens (including phenoxy) is 1. The number of anilines is 1. The molecule has 2 amide bonds. The number of aryl methyl sites for hydroxylation is 1. The van der Waals surface area contributed by atoms with E-state index in [-0.39, 0.29) is 19.0 Å². The average Bonchev–Trinajstić information content (AvgIpc) is 3.30. The Morgan fingerprint density at radius 1 is 1.06 bits per heavy atom. The fourth-order valence-electron chi connectivity index (χ4n) is 4.00. The summed E-state index contributed by atoms with van der Waals surface area (Å²) in [5.74, 6) is -1.21. The molecular weight excluding hydrogens is 461 g/mol. The number of amides is 2. The summed E-state index contributed by atoms with van der Waals surface area (Å²) in [6, 6.07) is 19.4. The lowest BCUT2D eigenvalue weighted by Gasteiger charge is -2.31. The molecule has 1 atom stereocenters. The van der Waals surface area contributed by atoms with Crippen LogP contribution in [0.25, 0.3) is 11.0 Å². The van der Waals surface area contributed by atoms with Crippen LogP contribution in [0, 0.1) is 5.82 Å². The van der Waals surface area contributed by atoms with Crippen LogP contribution in [0.3, 0.4) is 0 Å². The second kappa shape index (κ2) is 11.5. The van der Waals surface area contributed by atoms with Gasteiger partial charge in [0.05, 0.1) is 12.1 Å². The van der Waals surface area contributed by atoms with Crippen molar-refractivity contribution in [2.75, 3.05) is 25.2 Å². The molecule has 0 bridgehead atoms. The van der Waals surface area contributed by atoms with Crippen LogP contribution in [-0.4, -0.2) is 47.1 Å². The maximum Gasteiger partial charge on any atom is 0.249 e. The predicted octanol–water partition coefficient (Wildman–Crippen LogP) is 3.67. The molecule has 0 spiro atoms. The first-order valence-electron chi connectivity index (χ1n) is 11.7. The molecule has 4 rings (SSSR count). The average molecular weight is 490 g/mol. The van der Waals surface area contributed by atoms with Gasteiger partial charge in [-0.3, -0.25) is 14.5 Å². The van der Waals surface area contributed by atoms with Crippen molar-refractivity contribution < 1.29 is 18.7 Å². The summed E-state index contributed by atoms with van der Waals surface area (Å²) >= 11 is 0. The zero-order valence-corrected chi connectivity index (χ0v) is 20.2. The van der Waals surface area contributed by atoms with E-state index in [0.29, 0.717) is 28.9 Å². The van der Waals surface area contributed by atoms with E-state index in [4.69, 9.17) is 4.74 Å². The van der Waals surface area contributed by atoms with Crippen molar-refractivity contribution in [3.05, 3.63) is 89.7 Å². The van der Waals surface area contributed by atoms with E-state index < -0.39 is 17.8 Å². The summed E-state index contributed by atoms with van der Waals surface area (Å²) in [6.45, 7) is 2.47. The lowest BCUT2D eigenvalue weighted by Crippen LogP contribution is -2.46. The normalized spacial score (nSPS) is 11.9. The lowest BCUT2D eigenvalue weighted by molar-refractivity contribution is -0.127. The van der Waals surface area contributed by atoms with Gasteiger partial charge in [0.25, 0.3) is 0 Å². The third kappa shape index (κ3) is 5.58. The van der Waals surface area contributed by atoms with Gasteiger partial charge < -0.3 is 10.1 Å². The minimum Gasteiger partial charge on any atom is -0.383 e. The minimum absolute atomic E-state index is 0.140. The first kappa shape index (κ1) is 25.0. The van der Waals surface area contributed by atoms with Crippen molar-refractivity contribution in [1.29, 1.82) is 0 Å². The van der Waals surface area contributed by atoms with E-state index in [2.05, 4.69) is 15.6 Å². The summed E-state index contributed by atoms with van der Waals surface area (Å²) in [7, 11) is 1.54. The van der Waals surface area contributed by atoms with Gasteiger partial charge in [0.1, 0.15) is 23.9 Å². The molecule has 1 unspecified atom stereocenters. The highest BCUT2D eigenvalue weighted by Gasteiger charge is 2.33. The molecule has 0 aliphatic carbocycles. The van der Waals surface area contributed by atoms with Gasteiger partial charge in [-0.15, -0.1) is 5.10 Å². The number of rotatable bonds is 10. The van der Waals surface area contributed by atoms with Crippen molar-refractivity contribution in [3.63, 3.8) is 0 Å². The van der Waals surface area contributed by atoms with Crippen molar-refractivity contribution in [2.45, 2.75) is 25.9 Å². The molecule has 0 saturated heterocycles. The number of fused-ring (bicyclic) bond motifs is 1. The van der Waals surface area contributed by atoms with E-state index in [0.717, 1.165) is 12.0 Å². The topological polar surface area (TPSA) is 89.4 Å². The van der Waals surface area contributed by atoms with Gasteiger partial charge in [-0.05, 0) is 53.9 Å². The van der Waals surface area contributed by atoms with E-state index in [1.165, 1.54) is 41.0 Å². The Hall–Kier alpha value is -4.11. The Morgan fingerprint density at radius 3 is 2.47 bits per heavy atom. The summed E-state index contributed by atoms with van der Waals surface area (Å²) < 4.78 is 20.3. The monoisotopic (exact) mass is 489 g/mol. The molecule has 4 aromatic rings. The van der Waals surface area contributed by atoms with E-state index in [9.17, 15) is 14.0 Å². The third-order valence-corrected chi connectivity index (χ3v) is 5.89. The van der Waals surface area contributed by atoms with E-state index in [1.807, 2.05) is 55.5 Å². The van der Waals surface area contributed by atoms with Crippen LogP contribution in [0.4, 0.5) is 10.1 Å². The lowest BCUT2D eigenvalue weighted by atomic mass is 10.0. The molecule has 0 fully saturated rings. The molecule has 1 N–H and O–H groups in total. The third-order valence-electron chi connectivity index (χ3n) is 5.89. The Bertz CT molecular complexity index is 1320. The highest BCUT2D eigenvalue weighted by atomic mass is 19.1. The SMILES string of the molecule is CCc1ccc(N(C(=O)Cn2nnc3ccccc32)C(C(=O)NCCOC)c2ccc(F)cc2)cc1. The first-order valence-corrected chi connectivity index (χ1v) is 11.7. The fourth-order valence-corrected chi connectivity index (χ4v) is 4.00. The molecule has 0 aliphatic heterocycles. The number of hydrogen-bond acceptors (Lipinski definition) is 5. The maximum atomic E-state index is 13.9. The molecule has 0 saturated carbocycles. The molecular formula is C27H28FN5O3. The highest BCUT2D eigenvalue weighted by molar-refractivity contribution is 6.01. The molecule has 1 aromatic heterocycles. The van der Waals surface area contributed by atoms with Gasteiger partial charge in [-0.2, -0.15) is 0 Å². The predicted molar refractivity (Wildman–Crippen MR) is 135 cm³/mol. The molecule has 0 aliphatic rings. The van der Waals surface area contributed by atoms with Gasteiger partial charge in [-0.1, -0.05) is 48.5 Å². The number of nitrogens with zero attached hydrogens (tertiary/aromatic N) is 4. The Kier molecular flexibility index (Phi) is 8.02. The number of benzene rings is 3. The van der Waals surface area contributed by atoms with Crippen LogP contribution in [0.1, 0.15) is 24.1 Å². The van der Waals surface area contributed by atoms with Crippen molar-refractivity contribution in [1.82, 2.24) is 20.3 Å². The van der Waals surface area contributed by atoms with Gasteiger partial charge in [0.15, 0.2) is 0 Å². The Labute approximate surface area is 208 Å². The van der Waals surface area contributed by atoms with Gasteiger partial charge >= 0.3 is 0 Å². The molecule has 3 aromatic carbocycles. The molecule has 1 heterocycles. The Morgan fingerprint density at radius 2 is 1.78 bits per heavy atom. The van der Waals surface area contributed by atoms with Crippen LogP contribution in [0.15, 0.2) is 72.8 Å². The highest BCUT2D eigenvalue weighted by Crippen LogP contribution is 2.29. The maximum absolute atomic E-state index is 13.9. The van der Waals surface area contributed by atoms with Crippen molar-refractivity contribution in [3.8, 4) is 0 Å². The standard InChI is InChI=1S/C27H28FN5O3/c1-3-19-8-14-22(15-9-19)33(25(34)18-32-24-7-5-4-6-23(24)30-31-32)26(27(35)29-16-17-36-2)20-10-12-21(28)13-11-20/h4-15,26H,3,16-18H2,1-2H3,(H,29,35). The van der Waals surface area contributed by atoms with Crippen LogP contribution >= 0.6 is 0 Å². The largest absolute Gasteiger partial charge is 0.383 e. The smallest absolute Gasteiger partial charge is 0.249 e. The second-order valence-corrected chi connectivity index (χ2v) is 8.26. The molecule has 9 heteroatoms. The van der Waals surface area contributed by atoms with E-state index >= 15 is 0 Å². The van der Waals surface area contributed by atoms with Gasteiger partial charge in [0.2, 0.25) is 11.8 Å². The van der Waals surface area contributed by atoms with Crippen LogP contribution < -0.4 is 10.2 Å². The minimum atomic E-state index is -1.04. The number of para-hydroxylation sites is 1. The fraction of sp³-hybridized carbons (Fsp3) is 0.259. The molecule has 186 valence electrons. The Balaban J connectivity index is 1.77. The number of carbonyl (C=O) groups is 2.